The maximum absolute atomic E-state index is 12.0. The quantitative estimate of drug-likeness (QED) is 0.926. The summed E-state index contributed by atoms with van der Waals surface area (Å²) in [5.41, 5.74) is -4.44. The van der Waals surface area contributed by atoms with E-state index in [1.54, 1.807) is 0 Å². The Morgan fingerprint density at radius 2 is 2.00 bits per heavy atom. The number of aromatic nitrogens is 1. The van der Waals surface area contributed by atoms with Crippen molar-refractivity contribution < 1.29 is 23.1 Å². The van der Waals surface area contributed by atoms with Crippen LogP contribution < -0.4 is 5.56 Å². The van der Waals surface area contributed by atoms with E-state index in [9.17, 15) is 22.8 Å². The number of thioether (sulfide) groups is 1. The van der Waals surface area contributed by atoms with Crippen LogP contribution in [-0.4, -0.2) is 26.9 Å². The predicted octanol–water partition coefficient (Wildman–Crippen LogP) is 2.42. The van der Waals surface area contributed by atoms with Crippen LogP contribution in [0.4, 0.5) is 13.2 Å². The summed E-state index contributed by atoms with van der Waals surface area (Å²) in [5, 5.41) is 9.02. The highest BCUT2D eigenvalue weighted by atomic mass is 32.2. The van der Waals surface area contributed by atoms with Gasteiger partial charge >= 0.3 is 11.5 Å². The van der Waals surface area contributed by atoms with Crippen molar-refractivity contribution in [2.45, 2.75) is 25.9 Å². The average Bonchev–Trinajstić information content (AvgIpc) is 2.20. The molecule has 0 aliphatic rings. The van der Waals surface area contributed by atoms with Crippen LogP contribution in [0, 0.1) is 13.8 Å². The standard InChI is InChI=1S/C11H12F3NO3S/c1-6-5-8(16)15(3-4-19-11(12,13)14)7(2)9(6)10(17)18/h5H,3-4H2,1-2H3,(H,17,18). The summed E-state index contributed by atoms with van der Waals surface area (Å²) >= 11 is -0.243. The van der Waals surface area contributed by atoms with Crippen LogP contribution in [0.2, 0.25) is 0 Å². The van der Waals surface area contributed by atoms with Gasteiger partial charge in [-0.05, 0) is 31.2 Å². The number of carbonyl (C=O) groups is 1. The van der Waals surface area contributed by atoms with Crippen LogP contribution in [0.3, 0.4) is 0 Å². The number of pyridine rings is 1. The van der Waals surface area contributed by atoms with Gasteiger partial charge in [-0.1, -0.05) is 0 Å². The van der Waals surface area contributed by atoms with Gasteiger partial charge < -0.3 is 9.67 Å². The molecule has 0 radical (unpaired) electrons. The summed E-state index contributed by atoms with van der Waals surface area (Å²) in [6, 6.07) is 1.12. The van der Waals surface area contributed by atoms with Gasteiger partial charge in [0.15, 0.2) is 0 Å². The van der Waals surface area contributed by atoms with Gasteiger partial charge in [0, 0.05) is 24.1 Å². The van der Waals surface area contributed by atoms with E-state index in [0.29, 0.717) is 5.56 Å². The molecule has 1 rings (SSSR count). The second-order valence-electron chi connectivity index (χ2n) is 3.88. The van der Waals surface area contributed by atoms with Crippen LogP contribution in [0.15, 0.2) is 10.9 Å². The third-order valence-electron chi connectivity index (χ3n) is 2.56. The number of rotatable bonds is 4. The molecule has 4 nitrogen and oxygen atoms in total. The van der Waals surface area contributed by atoms with Crippen molar-refractivity contribution in [3.8, 4) is 0 Å². The number of aryl methyl sites for hydroxylation is 1. The van der Waals surface area contributed by atoms with Gasteiger partial charge in [-0.3, -0.25) is 4.79 Å². The SMILES string of the molecule is Cc1cc(=O)n(CCSC(F)(F)F)c(C)c1C(=O)O. The van der Waals surface area contributed by atoms with E-state index in [2.05, 4.69) is 0 Å². The molecule has 1 aromatic rings. The van der Waals surface area contributed by atoms with Crippen LogP contribution in [-0.2, 0) is 6.54 Å². The Balaban J connectivity index is 3.05. The lowest BCUT2D eigenvalue weighted by atomic mass is 10.1. The normalized spacial score (nSPS) is 11.6. The average molecular weight is 295 g/mol. The molecular weight excluding hydrogens is 283 g/mol. The van der Waals surface area contributed by atoms with Gasteiger partial charge in [-0.2, -0.15) is 13.2 Å². The van der Waals surface area contributed by atoms with Crippen molar-refractivity contribution in [1.82, 2.24) is 4.57 Å². The van der Waals surface area contributed by atoms with E-state index in [1.807, 2.05) is 0 Å². The van der Waals surface area contributed by atoms with Crippen molar-refractivity contribution in [3.05, 3.63) is 33.2 Å². The summed E-state index contributed by atoms with van der Waals surface area (Å²) in [5.74, 6) is -1.54. The molecule has 0 saturated heterocycles. The van der Waals surface area contributed by atoms with E-state index < -0.39 is 17.0 Å². The van der Waals surface area contributed by atoms with Gasteiger partial charge in [-0.25, -0.2) is 4.79 Å². The van der Waals surface area contributed by atoms with Gasteiger partial charge in [0.2, 0.25) is 0 Å². The van der Waals surface area contributed by atoms with E-state index in [1.165, 1.54) is 13.8 Å². The molecular formula is C11H12F3NO3S. The van der Waals surface area contributed by atoms with Crippen molar-refractivity contribution >= 4 is 17.7 Å². The molecule has 0 spiro atoms. The third-order valence-corrected chi connectivity index (χ3v) is 3.28. The molecule has 1 heterocycles. The number of nitrogens with zero attached hydrogens (tertiary/aromatic N) is 1. The van der Waals surface area contributed by atoms with Gasteiger partial charge in [0.1, 0.15) is 0 Å². The van der Waals surface area contributed by atoms with Crippen LogP contribution >= 0.6 is 11.8 Å². The molecule has 0 amide bonds. The maximum atomic E-state index is 12.0. The molecule has 0 aromatic carbocycles. The summed E-state index contributed by atoms with van der Waals surface area (Å²) in [6.45, 7) is 2.71. The number of halogens is 3. The minimum absolute atomic E-state index is 0.0448. The lowest BCUT2D eigenvalue weighted by Gasteiger charge is -2.14. The number of hydrogen-bond acceptors (Lipinski definition) is 3. The molecule has 1 N–H and O–H groups in total. The lowest BCUT2D eigenvalue weighted by Crippen LogP contribution is -2.26. The Kier molecular flexibility index (Phi) is 4.67. The summed E-state index contributed by atoms with van der Waals surface area (Å²) in [7, 11) is 0. The zero-order valence-corrected chi connectivity index (χ0v) is 11.1. The van der Waals surface area contributed by atoms with Crippen molar-refractivity contribution in [2.75, 3.05) is 5.75 Å². The third kappa shape index (κ3) is 4.02. The molecule has 0 atom stereocenters. The molecule has 0 aliphatic carbocycles. The number of carboxylic acid groups (broad SMARTS) is 1. The Bertz CT molecular complexity index is 551. The fourth-order valence-electron chi connectivity index (χ4n) is 1.77. The molecule has 8 heteroatoms. The predicted molar refractivity (Wildman–Crippen MR) is 65.6 cm³/mol. The molecule has 0 saturated carbocycles. The van der Waals surface area contributed by atoms with Crippen molar-refractivity contribution in [1.29, 1.82) is 0 Å². The zero-order valence-electron chi connectivity index (χ0n) is 10.2. The fraction of sp³-hybridized carbons (Fsp3) is 0.455. The Morgan fingerprint density at radius 1 is 1.42 bits per heavy atom. The number of hydrogen-bond donors (Lipinski definition) is 1. The maximum Gasteiger partial charge on any atom is 0.441 e. The first-order valence-electron chi connectivity index (χ1n) is 5.28. The molecule has 19 heavy (non-hydrogen) atoms. The topological polar surface area (TPSA) is 59.3 Å². The minimum atomic E-state index is -4.36. The number of aromatic carboxylic acids is 1. The number of alkyl halides is 3. The highest BCUT2D eigenvalue weighted by molar-refractivity contribution is 8.00. The zero-order chi connectivity index (χ0) is 14.8. The molecule has 0 unspecified atom stereocenters. The van der Waals surface area contributed by atoms with E-state index in [4.69, 9.17) is 5.11 Å². The van der Waals surface area contributed by atoms with E-state index in [-0.39, 0.29) is 35.3 Å². The Labute approximate surface area is 111 Å². The monoisotopic (exact) mass is 295 g/mol. The molecule has 0 fully saturated rings. The highest BCUT2D eigenvalue weighted by Crippen LogP contribution is 2.30. The first-order valence-corrected chi connectivity index (χ1v) is 6.27. The first kappa shape index (κ1) is 15.6. The van der Waals surface area contributed by atoms with Crippen molar-refractivity contribution in [3.63, 3.8) is 0 Å². The summed E-state index contributed by atoms with van der Waals surface area (Å²) in [4.78, 5) is 22.7. The van der Waals surface area contributed by atoms with Crippen molar-refractivity contribution in [2.24, 2.45) is 0 Å². The van der Waals surface area contributed by atoms with Gasteiger partial charge in [0.25, 0.3) is 5.56 Å². The largest absolute Gasteiger partial charge is 0.478 e. The van der Waals surface area contributed by atoms with Gasteiger partial charge in [-0.15, -0.1) is 0 Å². The second-order valence-corrected chi connectivity index (χ2v) is 5.04. The minimum Gasteiger partial charge on any atom is -0.478 e. The number of carboxylic acids is 1. The Hall–Kier alpha value is -1.44. The Morgan fingerprint density at radius 3 is 2.47 bits per heavy atom. The van der Waals surface area contributed by atoms with Crippen LogP contribution in [0.1, 0.15) is 21.6 Å². The molecule has 0 aliphatic heterocycles. The molecule has 1 aromatic heterocycles. The van der Waals surface area contributed by atoms with Crippen LogP contribution in [0.25, 0.3) is 0 Å². The molecule has 0 bridgehead atoms. The first-order chi connectivity index (χ1) is 8.63. The lowest BCUT2D eigenvalue weighted by molar-refractivity contribution is -0.0328. The molecule has 106 valence electrons. The van der Waals surface area contributed by atoms with E-state index in [0.717, 1.165) is 10.6 Å². The van der Waals surface area contributed by atoms with E-state index >= 15 is 0 Å². The fourth-order valence-corrected chi connectivity index (χ4v) is 2.28. The smallest absolute Gasteiger partial charge is 0.441 e. The highest BCUT2D eigenvalue weighted by Gasteiger charge is 2.27. The summed E-state index contributed by atoms with van der Waals surface area (Å²) < 4.78 is 37.1. The second kappa shape index (κ2) is 5.68. The summed E-state index contributed by atoms with van der Waals surface area (Å²) in [6.07, 6.45) is 0. The van der Waals surface area contributed by atoms with Crippen LogP contribution in [0.5, 0.6) is 0 Å². The van der Waals surface area contributed by atoms with Gasteiger partial charge in [0.05, 0.1) is 5.56 Å².